The van der Waals surface area contributed by atoms with Crippen molar-refractivity contribution in [3.8, 4) is 0 Å². The van der Waals surface area contributed by atoms with Crippen molar-refractivity contribution in [3.63, 3.8) is 0 Å². The molecule has 2 amide bonds. The van der Waals surface area contributed by atoms with Gasteiger partial charge in [-0.15, -0.1) is 0 Å². The van der Waals surface area contributed by atoms with Crippen LogP contribution < -0.4 is 10.6 Å². The molecule has 3 fully saturated rings. The summed E-state index contributed by atoms with van der Waals surface area (Å²) in [6.07, 6.45) is 0.774. The molecule has 4 atom stereocenters. The number of urea groups is 1. The lowest BCUT2D eigenvalue weighted by molar-refractivity contribution is -0.113. The van der Waals surface area contributed by atoms with Crippen molar-refractivity contribution in [2.45, 2.75) is 30.9 Å². The van der Waals surface area contributed by atoms with Gasteiger partial charge in [0.25, 0.3) is 0 Å². The SMILES string of the molecule is O=C1NC2C[C@@H](N1)C1OC[C@H]2O1. The predicted octanol–water partition coefficient (Wildman–Crippen LogP) is -0.818. The second-order valence-corrected chi connectivity index (χ2v) is 3.44. The Hall–Kier alpha value is -0.810. The third-order valence-electron chi connectivity index (χ3n) is 2.65. The Morgan fingerprint density at radius 3 is 3.08 bits per heavy atom. The molecule has 0 aromatic carbocycles. The molecule has 3 aliphatic rings. The number of hydrogen-bond acceptors (Lipinski definition) is 3. The van der Waals surface area contributed by atoms with E-state index < -0.39 is 0 Å². The van der Waals surface area contributed by atoms with Gasteiger partial charge in [-0.05, 0) is 6.42 Å². The number of amides is 2. The molecular formula is C7H10N2O3. The van der Waals surface area contributed by atoms with Crippen LogP contribution in [0.1, 0.15) is 6.42 Å². The summed E-state index contributed by atoms with van der Waals surface area (Å²) in [5.74, 6) is 0. The second kappa shape index (κ2) is 2.11. The molecule has 5 nitrogen and oxygen atoms in total. The standard InChI is InChI=1S/C7H10N2O3/c10-7-8-3-1-4(9-7)6-11-2-5(3)12-6/h3-6H,1-2H2,(H2,8,9,10)/t3?,4-,5-,6?/m1/s1. The molecule has 2 N–H and O–H groups in total. The Bertz CT molecular complexity index is 213. The maximum absolute atomic E-state index is 11.1. The quantitative estimate of drug-likeness (QED) is 0.499. The molecule has 3 heterocycles. The molecule has 3 aliphatic heterocycles. The summed E-state index contributed by atoms with van der Waals surface area (Å²) in [5, 5.41) is 5.60. The number of hydrogen-bond donors (Lipinski definition) is 2. The summed E-state index contributed by atoms with van der Waals surface area (Å²) in [5.41, 5.74) is 0. The van der Waals surface area contributed by atoms with Crippen LogP contribution in [0.5, 0.6) is 0 Å². The highest BCUT2D eigenvalue weighted by atomic mass is 16.7. The molecule has 0 spiro atoms. The van der Waals surface area contributed by atoms with Gasteiger partial charge in [0, 0.05) is 0 Å². The number of fused-ring (bicyclic) bond motifs is 6. The van der Waals surface area contributed by atoms with E-state index in [4.69, 9.17) is 9.47 Å². The normalized spacial score (nSPS) is 49.8. The molecule has 0 aliphatic carbocycles. The second-order valence-electron chi connectivity index (χ2n) is 3.44. The molecule has 2 unspecified atom stereocenters. The van der Waals surface area contributed by atoms with E-state index >= 15 is 0 Å². The van der Waals surface area contributed by atoms with Gasteiger partial charge in [0.05, 0.1) is 18.7 Å². The van der Waals surface area contributed by atoms with E-state index in [0.717, 1.165) is 6.42 Å². The Morgan fingerprint density at radius 2 is 2.17 bits per heavy atom. The topological polar surface area (TPSA) is 59.6 Å². The maximum Gasteiger partial charge on any atom is 0.315 e. The Morgan fingerprint density at radius 1 is 1.33 bits per heavy atom. The zero-order valence-corrected chi connectivity index (χ0v) is 6.45. The number of ether oxygens (including phenoxy) is 2. The van der Waals surface area contributed by atoms with Gasteiger partial charge in [-0.25, -0.2) is 4.79 Å². The molecule has 3 rings (SSSR count). The van der Waals surface area contributed by atoms with Crippen molar-refractivity contribution < 1.29 is 14.3 Å². The van der Waals surface area contributed by atoms with Crippen molar-refractivity contribution >= 4 is 6.03 Å². The first-order valence-electron chi connectivity index (χ1n) is 4.17. The van der Waals surface area contributed by atoms with Gasteiger partial charge >= 0.3 is 6.03 Å². The van der Waals surface area contributed by atoms with Gasteiger partial charge in [0.2, 0.25) is 0 Å². The summed E-state index contributed by atoms with van der Waals surface area (Å²) in [6.45, 7) is 0.605. The van der Waals surface area contributed by atoms with Crippen molar-refractivity contribution in [1.29, 1.82) is 0 Å². The van der Waals surface area contributed by atoms with Crippen LogP contribution >= 0.6 is 0 Å². The van der Waals surface area contributed by atoms with Crippen LogP contribution in [0.4, 0.5) is 4.79 Å². The highest BCUT2D eigenvalue weighted by molar-refractivity contribution is 5.75. The first-order chi connectivity index (χ1) is 5.83. The third kappa shape index (κ3) is 0.776. The van der Waals surface area contributed by atoms with Gasteiger partial charge in [0.15, 0.2) is 6.29 Å². The fourth-order valence-corrected chi connectivity index (χ4v) is 2.06. The number of carbonyl (C=O) groups excluding carboxylic acids is 1. The zero-order valence-electron chi connectivity index (χ0n) is 6.45. The number of rotatable bonds is 0. The summed E-state index contributed by atoms with van der Waals surface area (Å²) in [4.78, 5) is 11.1. The average molecular weight is 170 g/mol. The molecule has 12 heavy (non-hydrogen) atoms. The van der Waals surface area contributed by atoms with Gasteiger partial charge in [-0.3, -0.25) is 0 Å². The van der Waals surface area contributed by atoms with E-state index in [1.165, 1.54) is 0 Å². The first kappa shape index (κ1) is 6.68. The van der Waals surface area contributed by atoms with Crippen LogP contribution in [-0.4, -0.2) is 37.1 Å². The number of carbonyl (C=O) groups is 1. The van der Waals surface area contributed by atoms with E-state index in [0.29, 0.717) is 6.61 Å². The lowest BCUT2D eigenvalue weighted by atomic mass is 9.98. The van der Waals surface area contributed by atoms with E-state index in [-0.39, 0.29) is 30.5 Å². The van der Waals surface area contributed by atoms with Crippen molar-refractivity contribution in [3.05, 3.63) is 0 Å². The minimum Gasteiger partial charge on any atom is -0.348 e. The van der Waals surface area contributed by atoms with Gasteiger partial charge in [-0.2, -0.15) is 0 Å². The van der Waals surface area contributed by atoms with Crippen LogP contribution in [0.25, 0.3) is 0 Å². The summed E-state index contributed by atoms with van der Waals surface area (Å²) < 4.78 is 10.9. The smallest absolute Gasteiger partial charge is 0.315 e. The molecule has 0 saturated carbocycles. The van der Waals surface area contributed by atoms with Crippen LogP contribution in [-0.2, 0) is 9.47 Å². The summed E-state index contributed by atoms with van der Waals surface area (Å²) in [7, 11) is 0. The molecule has 0 aromatic heterocycles. The van der Waals surface area contributed by atoms with Crippen LogP contribution in [0.2, 0.25) is 0 Å². The van der Waals surface area contributed by atoms with Gasteiger partial charge in [-0.1, -0.05) is 0 Å². The molecule has 4 bridgehead atoms. The Balaban J connectivity index is 1.90. The van der Waals surface area contributed by atoms with Crippen molar-refractivity contribution in [2.75, 3.05) is 6.61 Å². The highest BCUT2D eigenvalue weighted by Gasteiger charge is 2.47. The van der Waals surface area contributed by atoms with Gasteiger partial charge < -0.3 is 20.1 Å². The van der Waals surface area contributed by atoms with E-state index in [2.05, 4.69) is 10.6 Å². The predicted molar refractivity (Wildman–Crippen MR) is 38.5 cm³/mol. The van der Waals surface area contributed by atoms with E-state index in [1.807, 2.05) is 0 Å². The van der Waals surface area contributed by atoms with Crippen molar-refractivity contribution in [2.24, 2.45) is 0 Å². The maximum atomic E-state index is 11.1. The first-order valence-corrected chi connectivity index (χ1v) is 4.17. The molecule has 0 radical (unpaired) electrons. The fraction of sp³-hybridized carbons (Fsp3) is 0.857. The van der Waals surface area contributed by atoms with Gasteiger partial charge in [0.1, 0.15) is 6.10 Å². The monoisotopic (exact) mass is 170 g/mol. The highest BCUT2D eigenvalue weighted by Crippen LogP contribution is 2.29. The van der Waals surface area contributed by atoms with Crippen molar-refractivity contribution in [1.82, 2.24) is 10.6 Å². The fourth-order valence-electron chi connectivity index (χ4n) is 2.06. The molecule has 5 heteroatoms. The minimum atomic E-state index is -0.211. The number of nitrogens with one attached hydrogen (secondary N) is 2. The van der Waals surface area contributed by atoms with E-state index in [1.54, 1.807) is 0 Å². The Kier molecular flexibility index (Phi) is 1.18. The summed E-state index contributed by atoms with van der Waals surface area (Å²) >= 11 is 0. The van der Waals surface area contributed by atoms with Crippen LogP contribution in [0, 0.1) is 0 Å². The lowest BCUT2D eigenvalue weighted by Crippen LogP contribution is -2.64. The zero-order chi connectivity index (χ0) is 8.13. The Labute approximate surface area is 69.4 Å². The lowest BCUT2D eigenvalue weighted by Gasteiger charge is -2.38. The molecule has 66 valence electrons. The average Bonchev–Trinajstić information content (AvgIpc) is 2.46. The molecule has 3 saturated heterocycles. The summed E-state index contributed by atoms with van der Waals surface area (Å²) in [6, 6.07) is 0.0880. The van der Waals surface area contributed by atoms with Crippen LogP contribution in [0.15, 0.2) is 0 Å². The van der Waals surface area contributed by atoms with Crippen LogP contribution in [0.3, 0.4) is 0 Å². The third-order valence-corrected chi connectivity index (χ3v) is 2.65. The van der Waals surface area contributed by atoms with E-state index in [9.17, 15) is 4.79 Å². The minimum absolute atomic E-state index is 0.0440. The molecular weight excluding hydrogens is 160 g/mol. The largest absolute Gasteiger partial charge is 0.348 e. The molecule has 0 aromatic rings.